The number of amides is 1. The van der Waals surface area contributed by atoms with E-state index in [2.05, 4.69) is 10.6 Å². The van der Waals surface area contributed by atoms with E-state index in [4.69, 9.17) is 14.2 Å². The van der Waals surface area contributed by atoms with E-state index in [1.807, 2.05) is 0 Å². The summed E-state index contributed by atoms with van der Waals surface area (Å²) in [5.41, 5.74) is 0.598. The SMILES string of the molecule is COc1cc(OC)c(OC)cc1NC(=O)CCC1CCNCC1.Cl. The largest absolute Gasteiger partial charge is 0.494 e. The van der Waals surface area contributed by atoms with Gasteiger partial charge in [0.05, 0.1) is 27.0 Å². The van der Waals surface area contributed by atoms with Gasteiger partial charge in [0.2, 0.25) is 5.91 Å². The molecule has 1 heterocycles. The second-order valence-corrected chi connectivity index (χ2v) is 5.69. The summed E-state index contributed by atoms with van der Waals surface area (Å²) in [5, 5.41) is 6.25. The Hall–Kier alpha value is -1.66. The molecule has 1 aromatic carbocycles. The van der Waals surface area contributed by atoms with Gasteiger partial charge in [0.1, 0.15) is 5.75 Å². The molecule has 1 fully saturated rings. The molecule has 0 radical (unpaired) electrons. The number of methoxy groups -OCH3 is 3. The van der Waals surface area contributed by atoms with Crippen LogP contribution in [0.2, 0.25) is 0 Å². The topological polar surface area (TPSA) is 68.8 Å². The Bertz CT molecular complexity index is 534. The normalized spacial score (nSPS) is 14.5. The van der Waals surface area contributed by atoms with Crippen LogP contribution in [0.4, 0.5) is 5.69 Å². The molecule has 0 aliphatic carbocycles. The Morgan fingerprint density at radius 2 is 1.67 bits per heavy atom. The van der Waals surface area contributed by atoms with E-state index in [0.29, 0.717) is 35.3 Å². The van der Waals surface area contributed by atoms with Crippen molar-refractivity contribution < 1.29 is 19.0 Å². The lowest BCUT2D eigenvalue weighted by Gasteiger charge is -2.22. The van der Waals surface area contributed by atoms with Crippen molar-refractivity contribution in [3.63, 3.8) is 0 Å². The summed E-state index contributed by atoms with van der Waals surface area (Å²) < 4.78 is 15.8. The highest BCUT2D eigenvalue weighted by Crippen LogP contribution is 2.37. The van der Waals surface area contributed by atoms with Gasteiger partial charge >= 0.3 is 0 Å². The second kappa shape index (κ2) is 10.3. The minimum atomic E-state index is -0.00551. The zero-order valence-electron chi connectivity index (χ0n) is 14.5. The Morgan fingerprint density at radius 1 is 1.08 bits per heavy atom. The van der Waals surface area contributed by atoms with Crippen molar-refractivity contribution in [2.75, 3.05) is 39.7 Å². The first kappa shape index (κ1) is 20.4. The van der Waals surface area contributed by atoms with Crippen LogP contribution in [0.1, 0.15) is 25.7 Å². The smallest absolute Gasteiger partial charge is 0.224 e. The lowest BCUT2D eigenvalue weighted by molar-refractivity contribution is -0.116. The molecule has 6 nitrogen and oxygen atoms in total. The van der Waals surface area contributed by atoms with Crippen molar-refractivity contribution in [3.8, 4) is 17.2 Å². The van der Waals surface area contributed by atoms with Crippen LogP contribution in [0.15, 0.2) is 12.1 Å². The first-order chi connectivity index (χ1) is 11.2. The summed E-state index contributed by atoms with van der Waals surface area (Å²) >= 11 is 0. The molecule has 7 heteroatoms. The third-order valence-corrected chi connectivity index (χ3v) is 4.22. The molecule has 1 saturated heterocycles. The summed E-state index contributed by atoms with van der Waals surface area (Å²) in [6.07, 6.45) is 3.73. The number of carbonyl (C=O) groups is 1. The number of benzene rings is 1. The number of rotatable bonds is 7. The predicted molar refractivity (Wildman–Crippen MR) is 96.8 cm³/mol. The molecule has 0 aromatic heterocycles. The van der Waals surface area contributed by atoms with Gasteiger partial charge in [0.15, 0.2) is 11.5 Å². The third-order valence-electron chi connectivity index (χ3n) is 4.22. The van der Waals surface area contributed by atoms with Crippen LogP contribution in [0.25, 0.3) is 0 Å². The molecular formula is C17H27ClN2O4. The summed E-state index contributed by atoms with van der Waals surface area (Å²) in [6, 6.07) is 3.43. The van der Waals surface area contributed by atoms with Crippen LogP contribution >= 0.6 is 12.4 Å². The molecule has 1 aromatic rings. The molecule has 136 valence electrons. The Kier molecular flexibility index (Phi) is 8.71. The molecule has 0 unspecified atom stereocenters. The molecule has 2 rings (SSSR count). The van der Waals surface area contributed by atoms with E-state index >= 15 is 0 Å². The van der Waals surface area contributed by atoms with Crippen molar-refractivity contribution in [1.29, 1.82) is 0 Å². The highest BCUT2D eigenvalue weighted by atomic mass is 35.5. The van der Waals surface area contributed by atoms with Crippen molar-refractivity contribution in [2.45, 2.75) is 25.7 Å². The Morgan fingerprint density at radius 3 is 2.25 bits per heavy atom. The number of carbonyl (C=O) groups excluding carboxylic acids is 1. The van der Waals surface area contributed by atoms with Crippen molar-refractivity contribution in [1.82, 2.24) is 5.32 Å². The highest BCUT2D eigenvalue weighted by molar-refractivity contribution is 5.92. The molecule has 1 aliphatic heterocycles. The first-order valence-electron chi connectivity index (χ1n) is 7.98. The van der Waals surface area contributed by atoms with Gasteiger partial charge in [-0.1, -0.05) is 0 Å². The van der Waals surface area contributed by atoms with Gasteiger partial charge in [-0.3, -0.25) is 4.79 Å². The van der Waals surface area contributed by atoms with Gasteiger partial charge in [0.25, 0.3) is 0 Å². The van der Waals surface area contributed by atoms with E-state index in [9.17, 15) is 4.79 Å². The number of hydrogen-bond donors (Lipinski definition) is 2. The summed E-state index contributed by atoms with van der Waals surface area (Å²) in [6.45, 7) is 2.10. The van der Waals surface area contributed by atoms with Crippen LogP contribution in [0.3, 0.4) is 0 Å². The van der Waals surface area contributed by atoms with Gasteiger partial charge in [-0.25, -0.2) is 0 Å². The van der Waals surface area contributed by atoms with Gasteiger partial charge in [0, 0.05) is 18.6 Å². The monoisotopic (exact) mass is 358 g/mol. The van der Waals surface area contributed by atoms with Crippen molar-refractivity contribution in [2.24, 2.45) is 5.92 Å². The van der Waals surface area contributed by atoms with Crippen LogP contribution in [-0.4, -0.2) is 40.3 Å². The van der Waals surface area contributed by atoms with Crippen LogP contribution < -0.4 is 24.8 Å². The standard InChI is InChI=1S/C17H26N2O4.ClH/c1-21-14-11-16(23-3)15(22-2)10-13(14)19-17(20)5-4-12-6-8-18-9-7-12;/h10-12,18H,4-9H2,1-3H3,(H,19,20);1H. The lowest BCUT2D eigenvalue weighted by Crippen LogP contribution is -2.28. The summed E-state index contributed by atoms with van der Waals surface area (Å²) in [5.74, 6) is 2.31. The number of anilines is 1. The van der Waals surface area contributed by atoms with Crippen molar-refractivity contribution in [3.05, 3.63) is 12.1 Å². The minimum Gasteiger partial charge on any atom is -0.494 e. The molecule has 0 atom stereocenters. The molecule has 2 N–H and O–H groups in total. The zero-order chi connectivity index (χ0) is 16.7. The fraction of sp³-hybridized carbons (Fsp3) is 0.588. The van der Waals surface area contributed by atoms with E-state index in [0.717, 1.165) is 32.4 Å². The van der Waals surface area contributed by atoms with Gasteiger partial charge in [-0.2, -0.15) is 0 Å². The zero-order valence-corrected chi connectivity index (χ0v) is 15.3. The van der Waals surface area contributed by atoms with Crippen LogP contribution in [-0.2, 0) is 4.79 Å². The molecule has 1 amide bonds. The van der Waals surface area contributed by atoms with Gasteiger partial charge < -0.3 is 24.8 Å². The number of halogens is 1. The van der Waals surface area contributed by atoms with E-state index < -0.39 is 0 Å². The van der Waals surface area contributed by atoms with Crippen molar-refractivity contribution >= 4 is 24.0 Å². The summed E-state index contributed by atoms with van der Waals surface area (Å²) in [4.78, 5) is 12.2. The average molecular weight is 359 g/mol. The molecular weight excluding hydrogens is 332 g/mol. The van der Waals surface area contributed by atoms with Crippen LogP contribution in [0.5, 0.6) is 17.2 Å². The minimum absolute atomic E-state index is 0. The predicted octanol–water partition coefficient (Wildman–Crippen LogP) is 2.85. The number of hydrogen-bond acceptors (Lipinski definition) is 5. The fourth-order valence-electron chi connectivity index (χ4n) is 2.85. The number of ether oxygens (including phenoxy) is 3. The maximum absolute atomic E-state index is 12.2. The molecule has 0 spiro atoms. The Labute approximate surface area is 149 Å². The fourth-order valence-corrected chi connectivity index (χ4v) is 2.85. The van der Waals surface area contributed by atoms with E-state index in [1.54, 1.807) is 33.5 Å². The van der Waals surface area contributed by atoms with Crippen LogP contribution in [0, 0.1) is 5.92 Å². The summed E-state index contributed by atoms with van der Waals surface area (Å²) in [7, 11) is 4.69. The third kappa shape index (κ3) is 5.46. The molecule has 0 bridgehead atoms. The maximum atomic E-state index is 12.2. The molecule has 1 aliphatic rings. The maximum Gasteiger partial charge on any atom is 0.224 e. The molecule has 24 heavy (non-hydrogen) atoms. The van der Waals surface area contributed by atoms with E-state index in [1.165, 1.54) is 0 Å². The Balaban J connectivity index is 0.00000288. The highest BCUT2D eigenvalue weighted by Gasteiger charge is 2.17. The molecule has 0 saturated carbocycles. The number of nitrogens with one attached hydrogen (secondary N) is 2. The number of piperidine rings is 1. The second-order valence-electron chi connectivity index (χ2n) is 5.69. The average Bonchev–Trinajstić information content (AvgIpc) is 2.60. The van der Waals surface area contributed by atoms with Gasteiger partial charge in [-0.05, 0) is 38.3 Å². The quantitative estimate of drug-likeness (QED) is 0.784. The van der Waals surface area contributed by atoms with E-state index in [-0.39, 0.29) is 18.3 Å². The first-order valence-corrected chi connectivity index (χ1v) is 7.98. The van der Waals surface area contributed by atoms with Gasteiger partial charge in [-0.15, -0.1) is 12.4 Å². The lowest BCUT2D eigenvalue weighted by atomic mass is 9.93.